The van der Waals surface area contributed by atoms with Crippen molar-refractivity contribution in [1.82, 2.24) is 25.2 Å². The predicted molar refractivity (Wildman–Crippen MR) is 123 cm³/mol. The number of nitrogens with zero attached hydrogens (tertiary/aromatic N) is 4. The Kier molecular flexibility index (Phi) is 6.97. The van der Waals surface area contributed by atoms with Crippen molar-refractivity contribution in [2.24, 2.45) is 23.7 Å². The number of hydrogen-bond acceptors (Lipinski definition) is 7. The van der Waals surface area contributed by atoms with Gasteiger partial charge in [-0.15, -0.1) is 5.10 Å². The maximum absolute atomic E-state index is 13.6. The summed E-state index contributed by atoms with van der Waals surface area (Å²) >= 11 is 0. The highest BCUT2D eigenvalue weighted by Crippen LogP contribution is 2.45. The number of rotatable bonds is 8. The average molecular weight is 470 g/mol. The zero-order chi connectivity index (χ0) is 24.4. The summed E-state index contributed by atoms with van der Waals surface area (Å²) < 4.78 is 6.89. The van der Waals surface area contributed by atoms with Gasteiger partial charge in [-0.2, -0.15) is 0 Å². The molecule has 1 aromatic carbocycles. The highest BCUT2D eigenvalue weighted by molar-refractivity contribution is 5.96. The van der Waals surface area contributed by atoms with Crippen LogP contribution in [0.15, 0.2) is 36.4 Å². The van der Waals surface area contributed by atoms with E-state index in [0.29, 0.717) is 11.9 Å². The van der Waals surface area contributed by atoms with Crippen LogP contribution in [0.2, 0.25) is 0 Å². The number of carbonyl (C=O) groups is 3. The molecule has 2 heterocycles. The maximum atomic E-state index is 13.6. The molecule has 0 spiro atoms. The lowest BCUT2D eigenvalue weighted by Gasteiger charge is -2.33. The van der Waals surface area contributed by atoms with E-state index in [1.807, 2.05) is 43.3 Å². The van der Waals surface area contributed by atoms with Crippen LogP contribution in [0.4, 0.5) is 0 Å². The number of carbonyl (C=O) groups excluding carboxylic acids is 3. The van der Waals surface area contributed by atoms with Gasteiger partial charge in [0.25, 0.3) is 0 Å². The molecule has 34 heavy (non-hydrogen) atoms. The first kappa shape index (κ1) is 23.9. The van der Waals surface area contributed by atoms with Crippen LogP contribution >= 0.6 is 0 Å². The lowest BCUT2D eigenvalue weighted by atomic mass is 9.69. The number of para-hydroxylation sites is 1. The van der Waals surface area contributed by atoms with Crippen LogP contribution in [0.3, 0.4) is 0 Å². The highest BCUT2D eigenvalue weighted by Gasteiger charge is 2.58. The van der Waals surface area contributed by atoms with Crippen LogP contribution in [0.5, 0.6) is 0 Å². The number of aromatic nitrogens is 3. The van der Waals surface area contributed by atoms with Crippen LogP contribution in [0.25, 0.3) is 11.0 Å². The normalized spacial score (nSPS) is 27.0. The van der Waals surface area contributed by atoms with E-state index in [2.05, 4.69) is 15.6 Å². The van der Waals surface area contributed by atoms with E-state index >= 15 is 0 Å². The third-order valence-electron chi connectivity index (χ3n) is 6.91. The number of likely N-dealkylation sites (tertiary alicyclic amines) is 1. The number of hydrogen-bond donors (Lipinski definition) is 2. The van der Waals surface area contributed by atoms with Crippen molar-refractivity contribution >= 4 is 28.8 Å². The summed E-state index contributed by atoms with van der Waals surface area (Å²) in [7, 11) is 0. The van der Waals surface area contributed by atoms with Crippen LogP contribution in [0, 0.1) is 23.7 Å². The van der Waals surface area contributed by atoms with Gasteiger partial charge in [-0.3, -0.25) is 14.4 Å². The minimum absolute atomic E-state index is 0.0748. The lowest BCUT2D eigenvalue weighted by Crippen LogP contribution is -2.51. The summed E-state index contributed by atoms with van der Waals surface area (Å²) in [6, 6.07) is 5.96. The van der Waals surface area contributed by atoms with E-state index in [0.717, 1.165) is 5.52 Å². The molecule has 2 aromatic rings. The first-order valence-corrected chi connectivity index (χ1v) is 11.8. The maximum Gasteiger partial charge on any atom is 0.310 e. The number of benzene rings is 1. The van der Waals surface area contributed by atoms with Crippen molar-refractivity contribution in [2.45, 2.75) is 45.9 Å². The van der Waals surface area contributed by atoms with Crippen LogP contribution in [-0.4, -0.2) is 68.1 Å². The Morgan fingerprint density at radius 1 is 1.24 bits per heavy atom. The van der Waals surface area contributed by atoms with E-state index in [1.54, 1.807) is 18.5 Å². The molecular formula is C24H31N5O5. The van der Waals surface area contributed by atoms with Crippen LogP contribution in [-0.2, 0) is 25.8 Å². The minimum atomic E-state index is -0.861. The first-order valence-electron chi connectivity index (χ1n) is 11.8. The smallest absolute Gasteiger partial charge is 0.310 e. The quantitative estimate of drug-likeness (QED) is 0.438. The Bertz CT molecular complexity index is 1100. The van der Waals surface area contributed by atoms with Gasteiger partial charge in [-0.25, -0.2) is 4.68 Å². The Morgan fingerprint density at radius 2 is 2.00 bits per heavy atom. The summed E-state index contributed by atoms with van der Waals surface area (Å²) in [6.45, 7) is 5.38. The molecule has 0 bridgehead atoms. The second-order valence-corrected chi connectivity index (χ2v) is 8.84. The van der Waals surface area contributed by atoms with Crippen molar-refractivity contribution < 1.29 is 24.2 Å². The SMILES string of the molecule is CCOC(=O)[C@H]1[C@H]2C(=O)N([C@H](C)CO)[C@H](C(=O)NCn3nnc4ccccc43)[C@H]2C=C[C@H]1CC. The van der Waals surface area contributed by atoms with E-state index in [-0.39, 0.29) is 37.6 Å². The Labute approximate surface area is 197 Å². The van der Waals surface area contributed by atoms with Crippen molar-refractivity contribution in [3.05, 3.63) is 36.4 Å². The van der Waals surface area contributed by atoms with Crippen molar-refractivity contribution in [1.29, 1.82) is 0 Å². The zero-order valence-electron chi connectivity index (χ0n) is 19.6. The van der Waals surface area contributed by atoms with Crippen molar-refractivity contribution in [2.75, 3.05) is 13.2 Å². The first-order chi connectivity index (χ1) is 16.4. The molecule has 0 radical (unpaired) electrons. The van der Waals surface area contributed by atoms with Crippen LogP contribution in [0.1, 0.15) is 27.2 Å². The molecule has 1 saturated heterocycles. The van der Waals surface area contributed by atoms with Gasteiger partial charge in [0.15, 0.2) is 0 Å². The van der Waals surface area contributed by atoms with Crippen LogP contribution < -0.4 is 5.32 Å². The molecule has 182 valence electrons. The molecule has 0 saturated carbocycles. The third-order valence-corrected chi connectivity index (χ3v) is 6.91. The third kappa shape index (κ3) is 4.06. The summed E-state index contributed by atoms with van der Waals surface area (Å²) in [5, 5.41) is 20.9. The largest absolute Gasteiger partial charge is 0.466 e. The van der Waals surface area contributed by atoms with E-state index < -0.39 is 35.8 Å². The molecule has 2 amide bonds. The van der Waals surface area contributed by atoms with Gasteiger partial charge in [-0.05, 0) is 38.3 Å². The summed E-state index contributed by atoms with van der Waals surface area (Å²) in [5.41, 5.74) is 1.48. The minimum Gasteiger partial charge on any atom is -0.466 e. The molecule has 1 aliphatic heterocycles. The molecule has 2 aliphatic rings. The summed E-state index contributed by atoms with van der Waals surface area (Å²) in [6.07, 6.45) is 4.47. The number of aliphatic hydroxyl groups excluding tert-OH is 1. The number of allylic oxidation sites excluding steroid dienone is 1. The van der Waals surface area contributed by atoms with Crippen molar-refractivity contribution in [3.63, 3.8) is 0 Å². The fraction of sp³-hybridized carbons (Fsp3) is 0.542. The van der Waals surface area contributed by atoms with Gasteiger partial charge in [0.1, 0.15) is 18.2 Å². The fourth-order valence-electron chi connectivity index (χ4n) is 5.25. The number of amides is 2. The lowest BCUT2D eigenvalue weighted by molar-refractivity contribution is -0.156. The molecule has 1 aliphatic carbocycles. The molecule has 1 aromatic heterocycles. The molecule has 0 unspecified atom stereocenters. The predicted octanol–water partition coefficient (Wildman–Crippen LogP) is 1.10. The van der Waals surface area contributed by atoms with Gasteiger partial charge in [0.05, 0.1) is 36.6 Å². The Balaban J connectivity index is 1.63. The highest BCUT2D eigenvalue weighted by atomic mass is 16.5. The molecule has 1 fully saturated rings. The molecule has 10 heteroatoms. The second-order valence-electron chi connectivity index (χ2n) is 8.84. The molecular weight excluding hydrogens is 438 g/mol. The number of ether oxygens (including phenoxy) is 1. The number of fused-ring (bicyclic) bond motifs is 2. The number of aliphatic hydroxyl groups is 1. The van der Waals surface area contributed by atoms with E-state index in [9.17, 15) is 19.5 Å². The van der Waals surface area contributed by atoms with Gasteiger partial charge in [0.2, 0.25) is 11.8 Å². The van der Waals surface area contributed by atoms with E-state index in [4.69, 9.17) is 4.74 Å². The Hall–Kier alpha value is -3.27. The monoisotopic (exact) mass is 469 g/mol. The molecule has 2 N–H and O–H groups in total. The van der Waals surface area contributed by atoms with E-state index in [1.165, 1.54) is 4.90 Å². The summed E-state index contributed by atoms with van der Waals surface area (Å²) in [5.74, 6) is -3.15. The molecule has 4 rings (SSSR count). The average Bonchev–Trinajstić information content (AvgIpc) is 3.40. The Morgan fingerprint density at radius 3 is 2.71 bits per heavy atom. The number of esters is 1. The number of nitrogens with one attached hydrogen (secondary N) is 1. The van der Waals surface area contributed by atoms with Gasteiger partial charge >= 0.3 is 5.97 Å². The van der Waals surface area contributed by atoms with Gasteiger partial charge in [-0.1, -0.05) is 36.4 Å². The topological polar surface area (TPSA) is 127 Å². The molecule has 10 nitrogen and oxygen atoms in total. The second kappa shape index (κ2) is 9.92. The van der Waals surface area contributed by atoms with Gasteiger partial charge in [0, 0.05) is 5.92 Å². The molecule has 6 atom stereocenters. The fourth-order valence-corrected chi connectivity index (χ4v) is 5.25. The van der Waals surface area contributed by atoms with Gasteiger partial charge < -0.3 is 20.1 Å². The van der Waals surface area contributed by atoms with Crippen molar-refractivity contribution in [3.8, 4) is 0 Å². The zero-order valence-corrected chi connectivity index (χ0v) is 19.6. The standard InChI is InChI=1S/C24H31N5O5/c1-4-15-10-11-16-20(19(15)24(33)34-5-2)23(32)29(14(3)12-30)21(16)22(31)25-13-28-18-9-7-6-8-17(18)26-27-28/h6-11,14-16,19-21,30H,4-5,12-13H2,1-3H3,(H,25,31)/t14-,15-,16+,19-,20+,21+/m1/s1. The summed E-state index contributed by atoms with van der Waals surface area (Å²) in [4.78, 5) is 41.4.